The van der Waals surface area contributed by atoms with Crippen molar-refractivity contribution >= 4 is 12.0 Å². The molecule has 2 aliphatic heterocycles. The maximum absolute atomic E-state index is 12.0. The van der Waals surface area contributed by atoms with Crippen molar-refractivity contribution in [3.8, 4) is 0 Å². The number of aliphatic carboxylic acids is 1. The zero-order valence-corrected chi connectivity index (χ0v) is 12.3. The van der Waals surface area contributed by atoms with Crippen LogP contribution in [0.25, 0.3) is 0 Å². The molecule has 3 fully saturated rings. The number of amides is 2. The Balaban J connectivity index is 1.49. The van der Waals surface area contributed by atoms with Crippen molar-refractivity contribution in [1.29, 1.82) is 0 Å². The second kappa shape index (κ2) is 5.83. The molecule has 2 bridgehead atoms. The van der Waals surface area contributed by atoms with Crippen LogP contribution in [0.2, 0.25) is 0 Å². The highest BCUT2D eigenvalue weighted by Gasteiger charge is 2.42. The van der Waals surface area contributed by atoms with E-state index in [0.717, 1.165) is 38.5 Å². The van der Waals surface area contributed by atoms with Crippen LogP contribution < -0.4 is 10.6 Å². The van der Waals surface area contributed by atoms with Crippen LogP contribution >= 0.6 is 0 Å². The van der Waals surface area contributed by atoms with E-state index in [1.54, 1.807) is 0 Å². The lowest BCUT2D eigenvalue weighted by atomic mass is 9.74. The largest absolute Gasteiger partial charge is 0.481 e. The lowest BCUT2D eigenvalue weighted by Gasteiger charge is -2.33. The molecule has 2 amide bonds. The second-order valence-corrected chi connectivity index (χ2v) is 6.69. The smallest absolute Gasteiger partial charge is 0.315 e. The maximum Gasteiger partial charge on any atom is 0.315 e. The molecule has 0 radical (unpaired) electrons. The fourth-order valence-electron chi connectivity index (χ4n) is 3.95. The molecule has 1 aliphatic carbocycles. The quantitative estimate of drug-likeness (QED) is 0.736. The summed E-state index contributed by atoms with van der Waals surface area (Å²) in [6.45, 7) is 0.218. The number of rotatable bonds is 4. The topological polar surface area (TPSA) is 87.7 Å². The second-order valence-electron chi connectivity index (χ2n) is 6.69. The molecule has 3 unspecified atom stereocenters. The normalized spacial score (nSPS) is 33.6. The lowest BCUT2D eigenvalue weighted by Crippen LogP contribution is -2.51. The summed E-state index contributed by atoms with van der Waals surface area (Å²) in [5.41, 5.74) is -0.777. The highest BCUT2D eigenvalue weighted by Crippen LogP contribution is 2.36. The maximum atomic E-state index is 12.0. The van der Waals surface area contributed by atoms with Gasteiger partial charge < -0.3 is 20.5 Å². The number of hydrogen-bond acceptors (Lipinski definition) is 3. The Morgan fingerprint density at radius 2 is 1.95 bits per heavy atom. The number of carbonyl (C=O) groups is 2. The number of carbonyl (C=O) groups excluding carboxylic acids is 1. The van der Waals surface area contributed by atoms with Gasteiger partial charge >= 0.3 is 12.0 Å². The van der Waals surface area contributed by atoms with Gasteiger partial charge in [-0.1, -0.05) is 19.3 Å². The first kappa shape index (κ1) is 14.6. The number of fused-ring (bicyclic) bond motifs is 2. The van der Waals surface area contributed by atoms with E-state index in [9.17, 15) is 14.7 Å². The van der Waals surface area contributed by atoms with Crippen molar-refractivity contribution in [1.82, 2.24) is 10.6 Å². The summed E-state index contributed by atoms with van der Waals surface area (Å²) in [4.78, 5) is 23.6. The van der Waals surface area contributed by atoms with Gasteiger partial charge in [0.15, 0.2) is 0 Å². The molecule has 21 heavy (non-hydrogen) atoms. The van der Waals surface area contributed by atoms with Crippen molar-refractivity contribution in [2.24, 2.45) is 5.41 Å². The molecule has 118 valence electrons. The minimum absolute atomic E-state index is 0.0795. The number of ether oxygens (including phenoxy) is 1. The summed E-state index contributed by atoms with van der Waals surface area (Å²) >= 11 is 0. The fraction of sp³-hybridized carbons (Fsp3) is 0.867. The first-order valence-corrected chi connectivity index (χ1v) is 8.02. The van der Waals surface area contributed by atoms with Crippen molar-refractivity contribution in [3.05, 3.63) is 0 Å². The van der Waals surface area contributed by atoms with Crippen LogP contribution in [0.3, 0.4) is 0 Å². The zero-order chi connectivity index (χ0) is 14.9. The molecule has 3 aliphatic rings. The van der Waals surface area contributed by atoms with E-state index in [1.165, 1.54) is 0 Å². The van der Waals surface area contributed by atoms with E-state index < -0.39 is 11.4 Å². The Morgan fingerprint density at radius 3 is 2.52 bits per heavy atom. The molecular weight excluding hydrogens is 272 g/mol. The van der Waals surface area contributed by atoms with E-state index in [-0.39, 0.29) is 24.7 Å². The summed E-state index contributed by atoms with van der Waals surface area (Å²) in [7, 11) is 0. The molecule has 0 aromatic rings. The van der Waals surface area contributed by atoms with Crippen LogP contribution in [-0.2, 0) is 9.53 Å². The molecule has 1 saturated carbocycles. The summed E-state index contributed by atoms with van der Waals surface area (Å²) < 4.78 is 5.70. The number of carboxylic acid groups (broad SMARTS) is 1. The molecule has 3 atom stereocenters. The van der Waals surface area contributed by atoms with Gasteiger partial charge in [-0.05, 0) is 32.1 Å². The number of urea groups is 1. The predicted molar refractivity (Wildman–Crippen MR) is 76.0 cm³/mol. The van der Waals surface area contributed by atoms with Crippen LogP contribution in [-0.4, -0.2) is 41.9 Å². The Labute approximate surface area is 124 Å². The Kier molecular flexibility index (Phi) is 4.06. The van der Waals surface area contributed by atoms with E-state index in [0.29, 0.717) is 18.9 Å². The van der Waals surface area contributed by atoms with Crippen molar-refractivity contribution in [2.45, 2.75) is 69.6 Å². The Morgan fingerprint density at radius 1 is 1.19 bits per heavy atom. The molecule has 3 rings (SSSR count). The van der Waals surface area contributed by atoms with Gasteiger partial charge in [-0.15, -0.1) is 0 Å². The van der Waals surface area contributed by atoms with E-state index in [1.807, 2.05) is 0 Å². The molecule has 0 spiro atoms. The summed E-state index contributed by atoms with van der Waals surface area (Å²) in [6, 6.07) is -0.182. The molecule has 6 nitrogen and oxygen atoms in total. The molecule has 6 heteroatoms. The Hall–Kier alpha value is -1.30. The van der Waals surface area contributed by atoms with Crippen molar-refractivity contribution < 1.29 is 19.4 Å². The van der Waals surface area contributed by atoms with Gasteiger partial charge in [-0.25, -0.2) is 4.79 Å². The van der Waals surface area contributed by atoms with Gasteiger partial charge in [0.1, 0.15) is 0 Å². The van der Waals surface area contributed by atoms with Gasteiger partial charge in [0.25, 0.3) is 0 Å². The lowest BCUT2D eigenvalue weighted by molar-refractivity contribution is -0.150. The first-order chi connectivity index (χ1) is 10.1. The third-order valence-electron chi connectivity index (χ3n) is 5.27. The predicted octanol–water partition coefficient (Wildman–Crippen LogP) is 1.64. The first-order valence-electron chi connectivity index (χ1n) is 8.02. The average Bonchev–Trinajstić information content (AvgIpc) is 3.08. The molecule has 3 N–H and O–H groups in total. The van der Waals surface area contributed by atoms with Crippen molar-refractivity contribution in [3.63, 3.8) is 0 Å². The van der Waals surface area contributed by atoms with Crippen LogP contribution in [0, 0.1) is 5.41 Å². The van der Waals surface area contributed by atoms with Crippen LogP contribution in [0.4, 0.5) is 4.79 Å². The zero-order valence-electron chi connectivity index (χ0n) is 12.3. The highest BCUT2D eigenvalue weighted by atomic mass is 16.5. The van der Waals surface area contributed by atoms with E-state index >= 15 is 0 Å². The third-order valence-corrected chi connectivity index (χ3v) is 5.27. The van der Waals surface area contributed by atoms with E-state index in [2.05, 4.69) is 10.6 Å². The highest BCUT2D eigenvalue weighted by molar-refractivity contribution is 5.78. The molecule has 0 aromatic heterocycles. The van der Waals surface area contributed by atoms with Crippen LogP contribution in [0.15, 0.2) is 0 Å². The summed E-state index contributed by atoms with van der Waals surface area (Å²) in [5.74, 6) is -0.786. The summed E-state index contributed by atoms with van der Waals surface area (Å²) in [6.07, 6.45) is 7.66. The van der Waals surface area contributed by atoms with Gasteiger partial charge in [0.2, 0.25) is 0 Å². The third kappa shape index (κ3) is 3.00. The van der Waals surface area contributed by atoms with Crippen molar-refractivity contribution in [2.75, 3.05) is 6.54 Å². The van der Waals surface area contributed by atoms with Crippen LogP contribution in [0.1, 0.15) is 51.4 Å². The van der Waals surface area contributed by atoms with Gasteiger partial charge in [-0.3, -0.25) is 4.79 Å². The molecule has 2 heterocycles. The Bertz CT molecular complexity index is 420. The minimum Gasteiger partial charge on any atom is -0.481 e. The van der Waals surface area contributed by atoms with Gasteiger partial charge in [0, 0.05) is 6.54 Å². The van der Waals surface area contributed by atoms with Gasteiger partial charge in [0.05, 0.1) is 23.7 Å². The number of hydrogen-bond donors (Lipinski definition) is 3. The summed E-state index contributed by atoms with van der Waals surface area (Å²) in [5, 5.41) is 15.2. The molecule has 0 aromatic carbocycles. The SMILES string of the molecule is O=C(NCC1(C(=O)O)CCCCC1)NC1CC2CCC1O2. The van der Waals surface area contributed by atoms with E-state index in [4.69, 9.17) is 4.74 Å². The standard InChI is InChI=1S/C15H24N2O4/c18-13(19)15(6-2-1-3-7-15)9-16-14(20)17-11-8-10-4-5-12(11)21-10/h10-12H,1-9H2,(H,18,19)(H2,16,17,20). The molecular formula is C15H24N2O4. The monoisotopic (exact) mass is 296 g/mol. The minimum atomic E-state index is -0.786. The average molecular weight is 296 g/mol. The number of nitrogens with one attached hydrogen (secondary N) is 2. The van der Waals surface area contributed by atoms with Crippen LogP contribution in [0.5, 0.6) is 0 Å². The van der Waals surface area contributed by atoms with Gasteiger partial charge in [-0.2, -0.15) is 0 Å². The number of carboxylic acids is 1. The fourth-order valence-corrected chi connectivity index (χ4v) is 3.95. The molecule has 2 saturated heterocycles.